The van der Waals surface area contributed by atoms with E-state index in [4.69, 9.17) is 5.73 Å². The van der Waals surface area contributed by atoms with Crippen LogP contribution in [-0.4, -0.2) is 41.4 Å². The second-order valence-corrected chi connectivity index (χ2v) is 4.79. The average molecular weight is 264 g/mol. The predicted octanol–water partition coefficient (Wildman–Crippen LogP) is 0.613. The Balaban J connectivity index is 2.19. The molecule has 0 spiro atoms. The van der Waals surface area contributed by atoms with Crippen LogP contribution in [-0.2, 0) is 4.79 Å². The minimum Gasteiger partial charge on any atom is -0.397 e. The Morgan fingerprint density at radius 3 is 2.74 bits per heavy atom. The molecule has 1 saturated carbocycles. The maximum Gasteiger partial charge on any atom is 0.271 e. The topological polar surface area (TPSA) is 80.4 Å². The number of aromatic nitrogens is 1. The van der Waals surface area contributed by atoms with Gasteiger partial charge in [0.2, 0.25) is 5.91 Å². The number of amides is 2. The van der Waals surface area contributed by atoms with Gasteiger partial charge in [-0.2, -0.15) is 0 Å². The maximum atomic E-state index is 12.5. The van der Waals surface area contributed by atoms with E-state index in [0.29, 0.717) is 24.0 Å². The van der Waals surface area contributed by atoms with Gasteiger partial charge < -0.3 is 20.5 Å². The minimum absolute atomic E-state index is 0.0710. The maximum absolute atomic E-state index is 12.5. The lowest BCUT2D eigenvalue weighted by atomic mass is 10.3. The van der Waals surface area contributed by atoms with Crippen molar-refractivity contribution >= 4 is 17.5 Å². The van der Waals surface area contributed by atoms with Gasteiger partial charge >= 0.3 is 0 Å². The number of nitrogen functional groups attached to an aromatic ring is 1. The molecule has 1 aliphatic carbocycles. The average Bonchev–Trinajstić information content (AvgIpc) is 3.17. The first kappa shape index (κ1) is 13.5. The first-order valence-electron chi connectivity index (χ1n) is 6.54. The zero-order chi connectivity index (χ0) is 14.0. The van der Waals surface area contributed by atoms with Gasteiger partial charge in [-0.05, 0) is 25.8 Å². The summed E-state index contributed by atoms with van der Waals surface area (Å²) in [5, 5.41) is 2.53. The summed E-state index contributed by atoms with van der Waals surface area (Å²) in [4.78, 5) is 25.4. The van der Waals surface area contributed by atoms with Crippen molar-refractivity contribution in [2.24, 2.45) is 0 Å². The quantitative estimate of drug-likeness (QED) is 0.817. The fraction of sp³-hybridized carbons (Fsp3) is 0.538. The number of rotatable bonds is 5. The van der Waals surface area contributed by atoms with Crippen LogP contribution in [0.25, 0.3) is 0 Å². The molecule has 0 radical (unpaired) electrons. The summed E-state index contributed by atoms with van der Waals surface area (Å²) in [6.45, 7) is 2.41. The Kier molecular flexibility index (Phi) is 3.78. The van der Waals surface area contributed by atoms with Crippen LogP contribution in [0.1, 0.15) is 36.3 Å². The summed E-state index contributed by atoms with van der Waals surface area (Å²) in [7, 11) is 1.56. The predicted molar refractivity (Wildman–Crippen MR) is 72.8 cm³/mol. The Morgan fingerprint density at radius 1 is 1.53 bits per heavy atom. The molecule has 1 heterocycles. The van der Waals surface area contributed by atoms with Gasteiger partial charge in [0.25, 0.3) is 5.91 Å². The van der Waals surface area contributed by atoms with Crippen molar-refractivity contribution in [2.45, 2.75) is 25.8 Å². The normalized spacial score (nSPS) is 14.2. The third kappa shape index (κ3) is 2.89. The SMILES string of the molecule is CCN(CC(=O)NC)C(=O)c1cc(N)cn1C1CC1. The van der Waals surface area contributed by atoms with Crippen molar-refractivity contribution in [2.75, 3.05) is 25.9 Å². The van der Waals surface area contributed by atoms with Crippen LogP contribution in [0.4, 0.5) is 5.69 Å². The monoisotopic (exact) mass is 264 g/mol. The second kappa shape index (κ2) is 5.34. The first-order valence-corrected chi connectivity index (χ1v) is 6.54. The van der Waals surface area contributed by atoms with E-state index in [1.54, 1.807) is 19.3 Å². The molecule has 19 heavy (non-hydrogen) atoms. The number of hydrogen-bond acceptors (Lipinski definition) is 3. The highest BCUT2D eigenvalue weighted by Crippen LogP contribution is 2.37. The molecule has 6 heteroatoms. The molecule has 104 valence electrons. The van der Waals surface area contributed by atoms with Gasteiger partial charge in [0.05, 0.1) is 12.2 Å². The van der Waals surface area contributed by atoms with Crippen molar-refractivity contribution in [1.29, 1.82) is 0 Å². The molecule has 0 atom stereocenters. The minimum atomic E-state index is -0.173. The molecule has 0 aromatic carbocycles. The molecule has 1 aliphatic rings. The van der Waals surface area contributed by atoms with E-state index in [-0.39, 0.29) is 18.4 Å². The smallest absolute Gasteiger partial charge is 0.271 e. The Hall–Kier alpha value is -1.98. The van der Waals surface area contributed by atoms with Crippen LogP contribution in [0.5, 0.6) is 0 Å². The van der Waals surface area contributed by atoms with E-state index < -0.39 is 0 Å². The number of nitrogens with one attached hydrogen (secondary N) is 1. The van der Waals surface area contributed by atoms with Crippen LogP contribution in [0.2, 0.25) is 0 Å². The summed E-state index contributed by atoms with van der Waals surface area (Å²) in [5.41, 5.74) is 6.94. The molecule has 3 N–H and O–H groups in total. The highest BCUT2D eigenvalue weighted by atomic mass is 16.2. The fourth-order valence-corrected chi connectivity index (χ4v) is 2.07. The summed E-state index contributed by atoms with van der Waals surface area (Å²) >= 11 is 0. The highest BCUT2D eigenvalue weighted by Gasteiger charge is 2.29. The molecular formula is C13H20N4O2. The van der Waals surface area contributed by atoms with Crippen molar-refractivity contribution in [3.05, 3.63) is 18.0 Å². The highest BCUT2D eigenvalue weighted by molar-refractivity contribution is 5.96. The van der Waals surface area contributed by atoms with Crippen molar-refractivity contribution in [3.63, 3.8) is 0 Å². The lowest BCUT2D eigenvalue weighted by Gasteiger charge is -2.20. The zero-order valence-electron chi connectivity index (χ0n) is 11.3. The molecule has 0 saturated heterocycles. The summed E-state index contributed by atoms with van der Waals surface area (Å²) in [5.74, 6) is -0.317. The van der Waals surface area contributed by atoms with Gasteiger partial charge in [-0.15, -0.1) is 0 Å². The Labute approximate surface area is 112 Å². The Bertz CT molecular complexity index is 491. The van der Waals surface area contributed by atoms with Gasteiger partial charge in [0, 0.05) is 25.8 Å². The van der Waals surface area contributed by atoms with Crippen LogP contribution in [0.15, 0.2) is 12.3 Å². The molecule has 0 bridgehead atoms. The molecule has 1 fully saturated rings. The third-order valence-corrected chi connectivity index (χ3v) is 3.31. The number of nitrogens with two attached hydrogens (primary N) is 1. The number of hydrogen-bond donors (Lipinski definition) is 2. The fourth-order valence-electron chi connectivity index (χ4n) is 2.07. The third-order valence-electron chi connectivity index (χ3n) is 3.31. The largest absolute Gasteiger partial charge is 0.397 e. The first-order chi connectivity index (χ1) is 9.06. The van der Waals surface area contributed by atoms with Crippen molar-refractivity contribution < 1.29 is 9.59 Å². The van der Waals surface area contributed by atoms with Crippen LogP contribution >= 0.6 is 0 Å². The number of anilines is 1. The molecule has 0 unspecified atom stereocenters. The summed E-state index contributed by atoms with van der Waals surface area (Å²) < 4.78 is 1.93. The van der Waals surface area contributed by atoms with Crippen molar-refractivity contribution in [1.82, 2.24) is 14.8 Å². The zero-order valence-corrected chi connectivity index (χ0v) is 11.3. The van der Waals surface area contributed by atoms with Crippen molar-refractivity contribution in [3.8, 4) is 0 Å². The van der Waals surface area contributed by atoms with E-state index >= 15 is 0 Å². The van der Waals surface area contributed by atoms with Crippen LogP contribution < -0.4 is 11.1 Å². The Morgan fingerprint density at radius 2 is 2.21 bits per heavy atom. The lowest BCUT2D eigenvalue weighted by Crippen LogP contribution is -2.40. The number of carbonyl (C=O) groups is 2. The number of carbonyl (C=O) groups excluding carboxylic acids is 2. The number of nitrogens with zero attached hydrogens (tertiary/aromatic N) is 2. The van der Waals surface area contributed by atoms with Gasteiger partial charge in [-0.1, -0.05) is 0 Å². The van der Waals surface area contributed by atoms with E-state index in [1.807, 2.05) is 11.5 Å². The van der Waals surface area contributed by atoms with Crippen LogP contribution in [0.3, 0.4) is 0 Å². The van der Waals surface area contributed by atoms with Gasteiger partial charge in [0.15, 0.2) is 0 Å². The summed E-state index contributed by atoms with van der Waals surface area (Å²) in [6.07, 6.45) is 3.96. The van der Waals surface area contributed by atoms with Gasteiger partial charge in [-0.25, -0.2) is 0 Å². The van der Waals surface area contributed by atoms with Gasteiger partial charge in [-0.3, -0.25) is 9.59 Å². The molecule has 2 rings (SSSR count). The molecule has 0 aliphatic heterocycles. The van der Waals surface area contributed by atoms with Crippen LogP contribution in [0, 0.1) is 0 Å². The van der Waals surface area contributed by atoms with E-state index in [0.717, 1.165) is 12.8 Å². The molecular weight excluding hydrogens is 244 g/mol. The summed E-state index contributed by atoms with van der Waals surface area (Å²) in [6, 6.07) is 2.07. The lowest BCUT2D eigenvalue weighted by molar-refractivity contribution is -0.121. The number of likely N-dealkylation sites (N-methyl/N-ethyl adjacent to an activating group) is 2. The van der Waals surface area contributed by atoms with E-state index in [2.05, 4.69) is 5.32 Å². The van der Waals surface area contributed by atoms with Gasteiger partial charge in [0.1, 0.15) is 5.69 Å². The second-order valence-electron chi connectivity index (χ2n) is 4.79. The molecule has 6 nitrogen and oxygen atoms in total. The molecule has 2 amide bonds. The van der Waals surface area contributed by atoms with E-state index in [1.165, 1.54) is 4.90 Å². The standard InChI is InChI=1S/C13H20N4O2/c1-3-16(8-12(18)15-2)13(19)11-6-9(14)7-17(11)10-4-5-10/h6-7,10H,3-5,8,14H2,1-2H3,(H,15,18). The van der Waals surface area contributed by atoms with E-state index in [9.17, 15) is 9.59 Å². The molecule has 1 aromatic rings. The molecule has 1 aromatic heterocycles.